The minimum absolute atomic E-state index is 0.0790. The molecule has 1 unspecified atom stereocenters. The Labute approximate surface area is 89.1 Å². The predicted octanol–water partition coefficient (Wildman–Crippen LogP) is 0.261. The first kappa shape index (κ1) is 11.8. The quantitative estimate of drug-likeness (QED) is 0.664. The Hall–Kier alpha value is -0.290. The van der Waals surface area contributed by atoms with Crippen molar-refractivity contribution in [3.8, 4) is 0 Å². The van der Waals surface area contributed by atoms with E-state index in [1.807, 2.05) is 6.92 Å². The van der Waals surface area contributed by atoms with Gasteiger partial charge in [0, 0.05) is 12.6 Å². The Kier molecular flexibility index (Phi) is 3.78. The molecular weight excluding hydrogens is 226 g/mol. The molecule has 1 fully saturated rings. The van der Waals surface area contributed by atoms with Crippen LogP contribution in [0.4, 0.5) is 0 Å². The summed E-state index contributed by atoms with van der Waals surface area (Å²) in [7, 11) is -2.93. The van der Waals surface area contributed by atoms with E-state index in [1.54, 1.807) is 4.90 Å². The van der Waals surface area contributed by atoms with Gasteiger partial charge >= 0.3 is 0 Å². The predicted molar refractivity (Wildman–Crippen MR) is 55.2 cm³/mol. The van der Waals surface area contributed by atoms with E-state index in [9.17, 15) is 13.2 Å². The number of hydrogen-bond donors (Lipinski definition) is 0. The fourth-order valence-corrected chi connectivity index (χ4v) is 3.62. The van der Waals surface area contributed by atoms with Gasteiger partial charge in [-0.15, -0.1) is 11.6 Å². The highest BCUT2D eigenvalue weighted by molar-refractivity contribution is 7.91. The number of carbonyl (C=O) groups excluding carboxylic acids is 1. The van der Waals surface area contributed by atoms with E-state index in [1.165, 1.54) is 0 Å². The highest BCUT2D eigenvalue weighted by Gasteiger charge is 2.33. The van der Waals surface area contributed by atoms with Crippen molar-refractivity contribution >= 4 is 27.3 Å². The van der Waals surface area contributed by atoms with Crippen molar-refractivity contribution in [1.29, 1.82) is 0 Å². The average molecular weight is 240 g/mol. The van der Waals surface area contributed by atoms with Crippen LogP contribution in [0.1, 0.15) is 13.3 Å². The van der Waals surface area contributed by atoms with Crippen LogP contribution in [0.25, 0.3) is 0 Å². The van der Waals surface area contributed by atoms with E-state index in [2.05, 4.69) is 0 Å². The zero-order chi connectivity index (χ0) is 10.8. The van der Waals surface area contributed by atoms with Gasteiger partial charge in [0.05, 0.1) is 11.5 Å². The van der Waals surface area contributed by atoms with Crippen LogP contribution in [0, 0.1) is 0 Å². The van der Waals surface area contributed by atoms with E-state index < -0.39 is 9.84 Å². The van der Waals surface area contributed by atoms with E-state index >= 15 is 0 Å². The van der Waals surface area contributed by atoms with E-state index in [-0.39, 0.29) is 29.3 Å². The third-order valence-corrected chi connectivity index (χ3v) is 4.40. The molecule has 6 heteroatoms. The van der Waals surface area contributed by atoms with Gasteiger partial charge in [-0.3, -0.25) is 4.79 Å². The number of halogens is 1. The van der Waals surface area contributed by atoms with Crippen molar-refractivity contribution in [3.63, 3.8) is 0 Å². The minimum atomic E-state index is -2.93. The molecule has 0 aromatic carbocycles. The lowest BCUT2D eigenvalue weighted by molar-refractivity contribution is -0.130. The number of hydrogen-bond acceptors (Lipinski definition) is 3. The monoisotopic (exact) mass is 239 g/mol. The van der Waals surface area contributed by atoms with Crippen LogP contribution in [0.5, 0.6) is 0 Å². The summed E-state index contributed by atoms with van der Waals surface area (Å²) >= 11 is 5.43. The summed E-state index contributed by atoms with van der Waals surface area (Å²) in [5.41, 5.74) is 0. The van der Waals surface area contributed by atoms with E-state index in [4.69, 9.17) is 11.6 Å². The molecule has 1 heterocycles. The van der Waals surface area contributed by atoms with Crippen molar-refractivity contribution in [2.24, 2.45) is 0 Å². The van der Waals surface area contributed by atoms with Crippen LogP contribution in [0.15, 0.2) is 0 Å². The van der Waals surface area contributed by atoms with Crippen molar-refractivity contribution in [2.75, 3.05) is 23.9 Å². The molecular formula is C8H14ClNO3S. The summed E-state index contributed by atoms with van der Waals surface area (Å²) in [4.78, 5) is 12.9. The van der Waals surface area contributed by atoms with Gasteiger partial charge in [-0.1, -0.05) is 0 Å². The maximum absolute atomic E-state index is 11.3. The lowest BCUT2D eigenvalue weighted by Gasteiger charge is -2.25. The molecule has 0 aliphatic carbocycles. The van der Waals surface area contributed by atoms with Gasteiger partial charge in [-0.2, -0.15) is 0 Å². The first-order valence-electron chi connectivity index (χ1n) is 4.56. The molecule has 0 saturated carbocycles. The highest BCUT2D eigenvalue weighted by Crippen LogP contribution is 2.17. The van der Waals surface area contributed by atoms with Crippen LogP contribution in [0.3, 0.4) is 0 Å². The Morgan fingerprint density at radius 3 is 2.57 bits per heavy atom. The number of amides is 1. The third kappa shape index (κ3) is 2.60. The number of nitrogens with zero attached hydrogens (tertiary/aromatic N) is 1. The Balaban J connectivity index is 2.69. The molecule has 1 aliphatic heterocycles. The molecule has 14 heavy (non-hydrogen) atoms. The first-order chi connectivity index (χ1) is 6.50. The molecule has 1 rings (SSSR count). The molecule has 82 valence electrons. The topological polar surface area (TPSA) is 54.5 Å². The maximum atomic E-state index is 11.3. The molecule has 0 N–H and O–H groups in total. The van der Waals surface area contributed by atoms with Gasteiger partial charge in [0.25, 0.3) is 0 Å². The minimum Gasteiger partial charge on any atom is -0.338 e. The van der Waals surface area contributed by atoms with Crippen LogP contribution in [0.2, 0.25) is 0 Å². The number of rotatable bonds is 3. The summed E-state index contributed by atoms with van der Waals surface area (Å²) < 4.78 is 22.4. The lowest BCUT2D eigenvalue weighted by atomic mass is 10.2. The summed E-state index contributed by atoms with van der Waals surface area (Å²) in [6, 6.07) is -0.170. The fourth-order valence-electron chi connectivity index (χ4n) is 1.74. The van der Waals surface area contributed by atoms with E-state index in [0.717, 1.165) is 0 Å². The largest absolute Gasteiger partial charge is 0.338 e. The molecule has 0 bridgehead atoms. The molecule has 1 aliphatic rings. The number of carbonyl (C=O) groups is 1. The zero-order valence-corrected chi connectivity index (χ0v) is 9.64. The molecule has 0 aromatic heterocycles. The van der Waals surface area contributed by atoms with Crippen LogP contribution in [-0.4, -0.2) is 49.2 Å². The second-order valence-corrected chi connectivity index (χ2v) is 5.87. The van der Waals surface area contributed by atoms with Gasteiger partial charge in [0.1, 0.15) is 5.88 Å². The van der Waals surface area contributed by atoms with Gasteiger partial charge in [0.2, 0.25) is 5.91 Å². The fraction of sp³-hybridized carbons (Fsp3) is 0.875. The molecule has 1 saturated heterocycles. The van der Waals surface area contributed by atoms with Crippen LogP contribution >= 0.6 is 11.6 Å². The van der Waals surface area contributed by atoms with E-state index in [0.29, 0.717) is 13.0 Å². The molecule has 4 nitrogen and oxygen atoms in total. The summed E-state index contributed by atoms with van der Waals surface area (Å²) in [5.74, 6) is 0.00804. The third-order valence-electron chi connectivity index (χ3n) is 2.42. The molecule has 0 aromatic rings. The Bertz CT molecular complexity index is 315. The number of sulfone groups is 1. The SMILES string of the molecule is CCN(C(=O)CCl)C1CCS(=O)(=O)C1. The normalized spacial score (nSPS) is 24.9. The van der Waals surface area contributed by atoms with Crippen molar-refractivity contribution in [2.45, 2.75) is 19.4 Å². The standard InChI is InChI=1S/C8H14ClNO3S/c1-2-10(8(11)5-9)7-3-4-14(12,13)6-7/h7H,2-6H2,1H3. The Morgan fingerprint density at radius 2 is 2.21 bits per heavy atom. The molecule has 0 spiro atoms. The van der Waals surface area contributed by atoms with Crippen molar-refractivity contribution < 1.29 is 13.2 Å². The van der Waals surface area contributed by atoms with Gasteiger partial charge in [-0.25, -0.2) is 8.42 Å². The molecule has 1 atom stereocenters. The van der Waals surface area contributed by atoms with Gasteiger partial charge < -0.3 is 4.90 Å². The van der Waals surface area contributed by atoms with Crippen molar-refractivity contribution in [3.05, 3.63) is 0 Å². The van der Waals surface area contributed by atoms with Crippen LogP contribution < -0.4 is 0 Å². The maximum Gasteiger partial charge on any atom is 0.237 e. The number of alkyl halides is 1. The molecule has 0 radical (unpaired) electrons. The zero-order valence-electron chi connectivity index (χ0n) is 8.07. The summed E-state index contributed by atoms with van der Waals surface area (Å²) in [6.45, 7) is 2.35. The first-order valence-corrected chi connectivity index (χ1v) is 6.91. The van der Waals surface area contributed by atoms with Crippen LogP contribution in [-0.2, 0) is 14.6 Å². The average Bonchev–Trinajstić information content (AvgIpc) is 2.47. The highest BCUT2D eigenvalue weighted by atomic mass is 35.5. The Morgan fingerprint density at radius 1 is 1.57 bits per heavy atom. The summed E-state index contributed by atoms with van der Waals surface area (Å²) in [6.07, 6.45) is 0.540. The van der Waals surface area contributed by atoms with Crippen molar-refractivity contribution in [1.82, 2.24) is 4.90 Å². The summed E-state index contributed by atoms with van der Waals surface area (Å²) in [5, 5.41) is 0. The molecule has 1 amide bonds. The smallest absolute Gasteiger partial charge is 0.237 e. The second kappa shape index (κ2) is 4.49. The van der Waals surface area contributed by atoms with Gasteiger partial charge in [-0.05, 0) is 13.3 Å². The lowest BCUT2D eigenvalue weighted by Crippen LogP contribution is -2.41. The second-order valence-electron chi connectivity index (χ2n) is 3.37. The van der Waals surface area contributed by atoms with Gasteiger partial charge in [0.15, 0.2) is 9.84 Å².